The number of amides is 1. The molecule has 1 amide bonds. The van der Waals surface area contributed by atoms with Crippen molar-refractivity contribution >= 4 is 15.9 Å². The Kier molecular flexibility index (Phi) is 4.25. The third kappa shape index (κ3) is 2.89. The topological polar surface area (TPSA) is 75.7 Å². The van der Waals surface area contributed by atoms with Crippen molar-refractivity contribution in [2.45, 2.75) is 31.2 Å². The van der Waals surface area contributed by atoms with Crippen LogP contribution in [0.2, 0.25) is 0 Å². The van der Waals surface area contributed by atoms with Gasteiger partial charge in [0, 0.05) is 13.1 Å². The second-order valence-electron chi connectivity index (χ2n) is 5.30. The molecule has 0 bridgehead atoms. The van der Waals surface area contributed by atoms with Crippen molar-refractivity contribution in [1.29, 1.82) is 0 Å². The number of benzene rings is 1. The van der Waals surface area contributed by atoms with E-state index in [2.05, 4.69) is 5.32 Å². The summed E-state index contributed by atoms with van der Waals surface area (Å²) in [5.74, 6) is 0.329. The SMILES string of the molecule is CCOc1ccc(S(=O)(=O)N2CCNC(=O)C2(C)C)cc1. The maximum absolute atomic E-state index is 12.7. The molecule has 1 saturated heterocycles. The molecule has 0 aromatic heterocycles. The van der Waals surface area contributed by atoms with Crippen molar-refractivity contribution in [2.75, 3.05) is 19.7 Å². The highest BCUT2D eigenvalue weighted by molar-refractivity contribution is 7.89. The van der Waals surface area contributed by atoms with Crippen LogP contribution < -0.4 is 10.1 Å². The Hall–Kier alpha value is -1.60. The van der Waals surface area contributed by atoms with Crippen LogP contribution in [0.4, 0.5) is 0 Å². The molecule has 6 nitrogen and oxygen atoms in total. The number of sulfonamides is 1. The Balaban J connectivity index is 2.34. The number of carbonyl (C=O) groups is 1. The summed E-state index contributed by atoms with van der Waals surface area (Å²) < 4.78 is 32.0. The highest BCUT2D eigenvalue weighted by atomic mass is 32.2. The van der Waals surface area contributed by atoms with E-state index in [0.29, 0.717) is 18.9 Å². The summed E-state index contributed by atoms with van der Waals surface area (Å²) in [6.45, 7) is 6.17. The number of ether oxygens (including phenoxy) is 1. The molecule has 1 aromatic rings. The van der Waals surface area contributed by atoms with Crippen LogP contribution in [0.15, 0.2) is 29.2 Å². The zero-order valence-corrected chi connectivity index (χ0v) is 13.2. The van der Waals surface area contributed by atoms with E-state index in [4.69, 9.17) is 4.74 Å². The molecule has 1 heterocycles. The predicted molar refractivity (Wildman–Crippen MR) is 78.6 cm³/mol. The fourth-order valence-corrected chi connectivity index (χ4v) is 4.05. The first-order chi connectivity index (χ1) is 9.80. The lowest BCUT2D eigenvalue weighted by Crippen LogP contribution is -2.63. The van der Waals surface area contributed by atoms with Crippen LogP contribution in [-0.2, 0) is 14.8 Å². The summed E-state index contributed by atoms with van der Waals surface area (Å²) in [6.07, 6.45) is 0. The van der Waals surface area contributed by atoms with Gasteiger partial charge in [0.25, 0.3) is 0 Å². The first-order valence-electron chi connectivity index (χ1n) is 6.84. The molecule has 0 spiro atoms. The molecule has 7 heteroatoms. The standard InChI is InChI=1S/C14H20N2O4S/c1-4-20-11-5-7-12(8-6-11)21(18,19)16-10-9-15-13(17)14(16,2)3/h5-8H,4,9-10H2,1-3H3,(H,15,17). The van der Waals surface area contributed by atoms with Gasteiger partial charge < -0.3 is 10.1 Å². The van der Waals surface area contributed by atoms with E-state index in [-0.39, 0.29) is 17.3 Å². The third-order valence-corrected chi connectivity index (χ3v) is 5.59. The van der Waals surface area contributed by atoms with Gasteiger partial charge in [-0.15, -0.1) is 0 Å². The average Bonchev–Trinajstić information content (AvgIpc) is 2.42. The Morgan fingerprint density at radius 3 is 2.48 bits per heavy atom. The maximum atomic E-state index is 12.7. The van der Waals surface area contributed by atoms with Crippen LogP contribution in [0.1, 0.15) is 20.8 Å². The predicted octanol–water partition coefficient (Wildman–Crippen LogP) is 0.984. The molecule has 1 N–H and O–H groups in total. The Morgan fingerprint density at radius 2 is 1.90 bits per heavy atom. The molecule has 0 atom stereocenters. The van der Waals surface area contributed by atoms with Crippen LogP contribution in [-0.4, -0.2) is 43.9 Å². The zero-order chi connectivity index (χ0) is 15.7. The van der Waals surface area contributed by atoms with Gasteiger partial charge in [0.2, 0.25) is 15.9 Å². The summed E-state index contributed by atoms with van der Waals surface area (Å²) in [6, 6.07) is 6.24. The molecule has 2 rings (SSSR count). The van der Waals surface area contributed by atoms with E-state index in [9.17, 15) is 13.2 Å². The lowest BCUT2D eigenvalue weighted by molar-refractivity contribution is -0.131. The molecule has 1 aromatic carbocycles. The lowest BCUT2D eigenvalue weighted by Gasteiger charge is -2.39. The van der Waals surface area contributed by atoms with E-state index < -0.39 is 15.6 Å². The fourth-order valence-electron chi connectivity index (χ4n) is 2.30. The van der Waals surface area contributed by atoms with Crippen LogP contribution in [0.25, 0.3) is 0 Å². The number of hydrogen-bond acceptors (Lipinski definition) is 4. The van der Waals surface area contributed by atoms with Gasteiger partial charge in [-0.25, -0.2) is 8.42 Å². The van der Waals surface area contributed by atoms with Crippen molar-refractivity contribution in [2.24, 2.45) is 0 Å². The highest BCUT2D eigenvalue weighted by Gasteiger charge is 2.44. The minimum atomic E-state index is -3.72. The number of piperazine rings is 1. The van der Waals surface area contributed by atoms with Gasteiger partial charge in [-0.1, -0.05) is 0 Å². The number of hydrogen-bond donors (Lipinski definition) is 1. The van der Waals surface area contributed by atoms with E-state index >= 15 is 0 Å². The van der Waals surface area contributed by atoms with E-state index in [0.717, 1.165) is 0 Å². The molecule has 1 fully saturated rings. The molecule has 21 heavy (non-hydrogen) atoms. The van der Waals surface area contributed by atoms with Crippen LogP contribution in [0.5, 0.6) is 5.75 Å². The number of rotatable bonds is 4. The number of nitrogens with one attached hydrogen (secondary N) is 1. The Morgan fingerprint density at radius 1 is 1.29 bits per heavy atom. The van der Waals surface area contributed by atoms with Gasteiger partial charge in [-0.3, -0.25) is 4.79 Å². The third-order valence-electron chi connectivity index (χ3n) is 3.50. The van der Waals surface area contributed by atoms with Crippen LogP contribution in [0, 0.1) is 0 Å². The number of carbonyl (C=O) groups excluding carboxylic acids is 1. The van der Waals surface area contributed by atoms with Crippen LogP contribution in [0.3, 0.4) is 0 Å². The van der Waals surface area contributed by atoms with Gasteiger partial charge in [0.05, 0.1) is 11.5 Å². The van der Waals surface area contributed by atoms with Gasteiger partial charge in [-0.2, -0.15) is 4.31 Å². The molecule has 0 unspecified atom stereocenters. The van der Waals surface area contributed by atoms with E-state index in [1.165, 1.54) is 16.4 Å². The van der Waals surface area contributed by atoms with E-state index in [1.54, 1.807) is 26.0 Å². The van der Waals surface area contributed by atoms with Crippen molar-refractivity contribution in [3.63, 3.8) is 0 Å². The second kappa shape index (κ2) is 5.65. The smallest absolute Gasteiger partial charge is 0.244 e. The van der Waals surface area contributed by atoms with Gasteiger partial charge in [0.15, 0.2) is 0 Å². The van der Waals surface area contributed by atoms with Gasteiger partial charge in [-0.05, 0) is 45.0 Å². The molecule has 0 aliphatic carbocycles. The quantitative estimate of drug-likeness (QED) is 0.899. The summed E-state index contributed by atoms with van der Waals surface area (Å²) in [5.41, 5.74) is -1.10. The molecule has 0 radical (unpaired) electrons. The largest absolute Gasteiger partial charge is 0.494 e. The zero-order valence-electron chi connectivity index (χ0n) is 12.4. The van der Waals surface area contributed by atoms with Gasteiger partial charge in [0.1, 0.15) is 11.3 Å². The molecule has 116 valence electrons. The highest BCUT2D eigenvalue weighted by Crippen LogP contribution is 2.27. The van der Waals surface area contributed by atoms with Crippen LogP contribution >= 0.6 is 0 Å². The molecular weight excluding hydrogens is 292 g/mol. The Bertz CT molecular complexity index is 623. The first kappa shape index (κ1) is 15.8. The summed E-state index contributed by atoms with van der Waals surface area (Å²) in [7, 11) is -3.72. The van der Waals surface area contributed by atoms with Gasteiger partial charge >= 0.3 is 0 Å². The van der Waals surface area contributed by atoms with Crippen molar-refractivity contribution in [1.82, 2.24) is 9.62 Å². The maximum Gasteiger partial charge on any atom is 0.244 e. The molecule has 1 aliphatic heterocycles. The number of nitrogens with zero attached hydrogens (tertiary/aromatic N) is 1. The molecular formula is C14H20N2O4S. The Labute approximate surface area is 125 Å². The molecule has 1 aliphatic rings. The minimum absolute atomic E-state index is 0.161. The average molecular weight is 312 g/mol. The summed E-state index contributed by atoms with van der Waals surface area (Å²) in [5, 5.41) is 2.69. The van der Waals surface area contributed by atoms with Crippen molar-refractivity contribution < 1.29 is 17.9 Å². The van der Waals surface area contributed by atoms with Crippen molar-refractivity contribution in [3.8, 4) is 5.75 Å². The minimum Gasteiger partial charge on any atom is -0.494 e. The molecule has 0 saturated carbocycles. The van der Waals surface area contributed by atoms with Crippen molar-refractivity contribution in [3.05, 3.63) is 24.3 Å². The normalized spacial score (nSPS) is 19.1. The lowest BCUT2D eigenvalue weighted by atomic mass is 10.0. The second-order valence-corrected chi connectivity index (χ2v) is 7.16. The summed E-state index contributed by atoms with van der Waals surface area (Å²) >= 11 is 0. The van der Waals surface area contributed by atoms with E-state index in [1.807, 2.05) is 6.92 Å². The monoisotopic (exact) mass is 312 g/mol. The summed E-state index contributed by atoms with van der Waals surface area (Å²) in [4.78, 5) is 12.1. The fraction of sp³-hybridized carbons (Fsp3) is 0.500. The first-order valence-corrected chi connectivity index (χ1v) is 8.28.